The highest BCUT2D eigenvalue weighted by molar-refractivity contribution is 7.89. The molecule has 1 aromatic rings. The molecule has 0 atom stereocenters. The van der Waals surface area contributed by atoms with E-state index in [9.17, 15) is 18.0 Å². The lowest BCUT2D eigenvalue weighted by Gasteiger charge is -2.16. The van der Waals surface area contributed by atoms with Crippen molar-refractivity contribution in [3.63, 3.8) is 0 Å². The number of benzene rings is 1. The van der Waals surface area contributed by atoms with Gasteiger partial charge < -0.3 is 15.5 Å². The van der Waals surface area contributed by atoms with Gasteiger partial charge in [-0.05, 0) is 36.6 Å². The van der Waals surface area contributed by atoms with Gasteiger partial charge in [0.15, 0.2) is 0 Å². The van der Waals surface area contributed by atoms with Gasteiger partial charge in [0.2, 0.25) is 15.9 Å². The van der Waals surface area contributed by atoms with Crippen LogP contribution in [-0.2, 0) is 21.2 Å². The monoisotopic (exact) mass is 366 g/mol. The highest BCUT2D eigenvalue weighted by Gasteiger charge is 2.27. The van der Waals surface area contributed by atoms with E-state index in [4.69, 9.17) is 0 Å². The Bertz CT molecular complexity index is 793. The van der Waals surface area contributed by atoms with Crippen LogP contribution >= 0.6 is 0 Å². The topological polar surface area (TPSA) is 98.8 Å². The molecule has 0 radical (unpaired) electrons. The molecule has 0 unspecified atom stereocenters. The Morgan fingerprint density at radius 1 is 1.24 bits per heavy atom. The molecule has 1 aromatic carbocycles. The molecule has 25 heavy (non-hydrogen) atoms. The number of sulfonamides is 1. The number of hydrogen-bond donors (Lipinski definition) is 2. The number of hydrogen-bond acceptors (Lipinski definition) is 4. The highest BCUT2D eigenvalue weighted by Crippen LogP contribution is 2.30. The van der Waals surface area contributed by atoms with E-state index in [1.807, 2.05) is 12.1 Å². The second-order valence-electron chi connectivity index (χ2n) is 6.21. The van der Waals surface area contributed by atoms with E-state index < -0.39 is 10.0 Å². The van der Waals surface area contributed by atoms with E-state index >= 15 is 0 Å². The van der Waals surface area contributed by atoms with Crippen LogP contribution in [0.15, 0.2) is 18.2 Å². The molecule has 3 amide bonds. The minimum atomic E-state index is -3.13. The van der Waals surface area contributed by atoms with Crippen molar-refractivity contribution < 1.29 is 18.0 Å². The van der Waals surface area contributed by atoms with Crippen LogP contribution in [0.1, 0.15) is 18.9 Å². The van der Waals surface area contributed by atoms with Gasteiger partial charge in [-0.1, -0.05) is 0 Å². The van der Waals surface area contributed by atoms with Crippen LogP contribution < -0.4 is 15.5 Å². The fraction of sp³-hybridized carbons (Fsp3) is 0.500. The zero-order chi connectivity index (χ0) is 18.0. The summed E-state index contributed by atoms with van der Waals surface area (Å²) in [5, 5.41) is 5.41. The van der Waals surface area contributed by atoms with Crippen molar-refractivity contribution in [2.45, 2.75) is 19.8 Å². The van der Waals surface area contributed by atoms with Crippen molar-refractivity contribution in [3.8, 4) is 0 Å². The van der Waals surface area contributed by atoms with E-state index in [1.54, 1.807) is 11.0 Å². The molecule has 0 saturated carbocycles. The highest BCUT2D eigenvalue weighted by atomic mass is 32.2. The second kappa shape index (κ2) is 7.01. The zero-order valence-corrected chi connectivity index (χ0v) is 14.9. The molecule has 3 rings (SSSR count). The summed E-state index contributed by atoms with van der Waals surface area (Å²) in [6.07, 6.45) is 1.40. The van der Waals surface area contributed by atoms with Crippen molar-refractivity contribution >= 4 is 33.3 Å². The molecule has 9 heteroatoms. The number of nitrogens with zero attached hydrogens (tertiary/aromatic N) is 2. The van der Waals surface area contributed by atoms with Gasteiger partial charge in [-0.3, -0.25) is 4.79 Å². The predicted molar refractivity (Wildman–Crippen MR) is 95.2 cm³/mol. The summed E-state index contributed by atoms with van der Waals surface area (Å²) < 4.78 is 24.8. The Balaban J connectivity index is 1.51. The van der Waals surface area contributed by atoms with Crippen LogP contribution in [0.3, 0.4) is 0 Å². The van der Waals surface area contributed by atoms with Crippen LogP contribution in [0.25, 0.3) is 0 Å². The molecule has 2 heterocycles. The van der Waals surface area contributed by atoms with Gasteiger partial charge in [0.05, 0.1) is 5.75 Å². The molecule has 2 aliphatic rings. The molecule has 8 nitrogen and oxygen atoms in total. The first-order valence-electron chi connectivity index (χ1n) is 8.30. The first-order chi connectivity index (χ1) is 11.9. The minimum absolute atomic E-state index is 0.00840. The molecular formula is C16H22N4O4S. The van der Waals surface area contributed by atoms with Gasteiger partial charge in [0, 0.05) is 44.5 Å². The SMILES string of the molecule is CC(=O)N1CCc2cc(NC(=O)NCCN3CCCS3(=O)=O)ccc21. The number of urea groups is 1. The Labute approximate surface area is 147 Å². The average Bonchev–Trinajstić information content (AvgIpc) is 3.10. The normalized spacial score (nSPS) is 18.8. The summed E-state index contributed by atoms with van der Waals surface area (Å²) >= 11 is 0. The summed E-state index contributed by atoms with van der Waals surface area (Å²) in [5.41, 5.74) is 2.56. The third kappa shape index (κ3) is 3.93. The molecule has 136 valence electrons. The maximum Gasteiger partial charge on any atom is 0.319 e. The molecular weight excluding hydrogens is 344 g/mol. The van der Waals surface area contributed by atoms with Gasteiger partial charge in [0.25, 0.3) is 0 Å². The molecule has 2 aliphatic heterocycles. The number of rotatable bonds is 4. The van der Waals surface area contributed by atoms with Crippen LogP contribution in [0.2, 0.25) is 0 Å². The Hall–Kier alpha value is -2.13. The van der Waals surface area contributed by atoms with Gasteiger partial charge in [0.1, 0.15) is 0 Å². The molecule has 1 saturated heterocycles. The average molecular weight is 366 g/mol. The van der Waals surface area contributed by atoms with Crippen molar-refractivity contribution in [2.75, 3.05) is 42.1 Å². The fourth-order valence-electron chi connectivity index (χ4n) is 3.22. The summed E-state index contributed by atoms with van der Waals surface area (Å²) in [7, 11) is -3.13. The van der Waals surface area contributed by atoms with E-state index in [2.05, 4.69) is 10.6 Å². The molecule has 1 fully saturated rings. The van der Waals surface area contributed by atoms with Gasteiger partial charge in [-0.25, -0.2) is 17.5 Å². The standard InChI is InChI=1S/C16H22N4O4S/c1-12(21)20-8-5-13-11-14(3-4-15(13)20)18-16(22)17-6-9-19-7-2-10-25(19,23)24/h3-4,11H,2,5-10H2,1H3,(H2,17,18,22). The Kier molecular flexibility index (Phi) is 4.96. The van der Waals surface area contributed by atoms with Crippen LogP contribution in [0.5, 0.6) is 0 Å². The first kappa shape index (κ1) is 17.7. The smallest absolute Gasteiger partial charge is 0.319 e. The van der Waals surface area contributed by atoms with Crippen molar-refractivity contribution in [1.82, 2.24) is 9.62 Å². The lowest BCUT2D eigenvalue weighted by molar-refractivity contribution is -0.116. The van der Waals surface area contributed by atoms with Crippen LogP contribution in [0.4, 0.5) is 16.2 Å². The molecule has 0 aliphatic carbocycles. The van der Waals surface area contributed by atoms with Gasteiger partial charge in [-0.15, -0.1) is 0 Å². The fourth-order valence-corrected chi connectivity index (χ4v) is 4.75. The lowest BCUT2D eigenvalue weighted by Crippen LogP contribution is -2.37. The largest absolute Gasteiger partial charge is 0.337 e. The number of nitrogens with one attached hydrogen (secondary N) is 2. The number of carbonyl (C=O) groups excluding carboxylic acids is 2. The third-order valence-electron chi connectivity index (χ3n) is 4.46. The van der Waals surface area contributed by atoms with Crippen molar-refractivity contribution in [1.29, 1.82) is 0 Å². The number of anilines is 2. The van der Waals surface area contributed by atoms with Crippen molar-refractivity contribution in [3.05, 3.63) is 23.8 Å². The summed E-state index contributed by atoms with van der Waals surface area (Å²) in [6, 6.07) is 5.07. The van der Waals surface area contributed by atoms with E-state index in [0.717, 1.165) is 17.7 Å². The molecule has 2 N–H and O–H groups in total. The number of carbonyl (C=O) groups is 2. The Morgan fingerprint density at radius 3 is 2.72 bits per heavy atom. The number of amides is 3. The Morgan fingerprint density at radius 2 is 2.04 bits per heavy atom. The van der Waals surface area contributed by atoms with E-state index in [-0.39, 0.29) is 30.8 Å². The molecule has 0 aromatic heterocycles. The minimum Gasteiger partial charge on any atom is -0.337 e. The third-order valence-corrected chi connectivity index (χ3v) is 6.42. The van der Waals surface area contributed by atoms with E-state index in [1.165, 1.54) is 11.2 Å². The first-order valence-corrected chi connectivity index (χ1v) is 9.91. The summed E-state index contributed by atoms with van der Waals surface area (Å²) in [5.74, 6) is 0.195. The van der Waals surface area contributed by atoms with E-state index in [0.29, 0.717) is 25.2 Å². The summed E-state index contributed by atoms with van der Waals surface area (Å²) in [6.45, 7) is 3.25. The zero-order valence-electron chi connectivity index (χ0n) is 14.1. The van der Waals surface area contributed by atoms with Crippen molar-refractivity contribution in [2.24, 2.45) is 0 Å². The maximum absolute atomic E-state index is 12.0. The second-order valence-corrected chi connectivity index (χ2v) is 8.30. The lowest BCUT2D eigenvalue weighted by atomic mass is 10.1. The summed E-state index contributed by atoms with van der Waals surface area (Å²) in [4.78, 5) is 25.2. The maximum atomic E-state index is 12.0. The van der Waals surface area contributed by atoms with Crippen LogP contribution in [-0.4, -0.2) is 56.6 Å². The quantitative estimate of drug-likeness (QED) is 0.821. The van der Waals surface area contributed by atoms with Crippen LogP contribution in [0, 0.1) is 0 Å². The number of fused-ring (bicyclic) bond motifs is 1. The van der Waals surface area contributed by atoms with Gasteiger partial charge >= 0.3 is 6.03 Å². The predicted octanol–water partition coefficient (Wildman–Crippen LogP) is 0.753. The molecule has 0 spiro atoms. The molecule has 0 bridgehead atoms. The van der Waals surface area contributed by atoms with Gasteiger partial charge in [-0.2, -0.15) is 0 Å².